The molecule has 0 spiro atoms. The van der Waals surface area contributed by atoms with E-state index in [4.69, 9.17) is 5.11 Å². The van der Waals surface area contributed by atoms with Crippen molar-refractivity contribution in [2.75, 3.05) is 0 Å². The highest BCUT2D eigenvalue weighted by Gasteiger charge is 2.25. The normalized spacial score (nSPS) is 12.5. The minimum Gasteiger partial charge on any atom is -0.480 e. The van der Waals surface area contributed by atoms with Crippen LogP contribution in [0, 0.1) is 5.92 Å². The average Bonchev–Trinajstić information content (AvgIpc) is 2.72. The summed E-state index contributed by atoms with van der Waals surface area (Å²) in [6, 6.07) is -0.894. The lowest BCUT2D eigenvalue weighted by molar-refractivity contribution is -0.140. The van der Waals surface area contributed by atoms with Crippen molar-refractivity contribution in [3.8, 4) is 0 Å². The molecule has 1 aromatic heterocycles. The van der Waals surface area contributed by atoms with E-state index in [0.717, 1.165) is 11.5 Å². The van der Waals surface area contributed by atoms with E-state index in [9.17, 15) is 9.59 Å². The molecule has 17 heavy (non-hydrogen) atoms. The van der Waals surface area contributed by atoms with Crippen molar-refractivity contribution in [3.05, 3.63) is 10.6 Å². The fraction of sp³-hybridized carbons (Fsp3) is 0.600. The Bertz CT molecular complexity index is 417. The number of aromatic nitrogens is 2. The van der Waals surface area contributed by atoms with Crippen LogP contribution in [0.15, 0.2) is 0 Å². The number of nitrogens with zero attached hydrogens (tertiary/aromatic N) is 2. The number of rotatable bonds is 5. The average molecular weight is 257 g/mol. The van der Waals surface area contributed by atoms with Gasteiger partial charge in [0.05, 0.1) is 5.69 Å². The van der Waals surface area contributed by atoms with Gasteiger partial charge >= 0.3 is 5.97 Å². The fourth-order valence-corrected chi connectivity index (χ4v) is 1.99. The second-order valence-corrected chi connectivity index (χ2v) is 4.69. The molecule has 0 aliphatic rings. The van der Waals surface area contributed by atoms with Crippen molar-refractivity contribution in [1.29, 1.82) is 0 Å². The highest BCUT2D eigenvalue weighted by Crippen LogP contribution is 2.12. The number of carbonyl (C=O) groups excluding carboxylic acids is 1. The van der Waals surface area contributed by atoms with Crippen molar-refractivity contribution in [2.45, 2.75) is 33.2 Å². The van der Waals surface area contributed by atoms with Crippen molar-refractivity contribution in [3.63, 3.8) is 0 Å². The standard InChI is InChI=1S/C10H15N3O3S/c1-4-6-8(17-13-12-6)9(14)11-7(5(2)3)10(15)16/h5,7H,4H2,1-3H3,(H,11,14)(H,15,16)/t7-/m1/s1. The Kier molecular flexibility index (Phi) is 4.56. The predicted molar refractivity (Wildman–Crippen MR) is 63.0 cm³/mol. The first-order chi connectivity index (χ1) is 7.97. The summed E-state index contributed by atoms with van der Waals surface area (Å²) in [6.45, 7) is 5.35. The maximum atomic E-state index is 11.9. The third-order valence-corrected chi connectivity index (χ3v) is 3.08. The van der Waals surface area contributed by atoms with Gasteiger partial charge in [-0.05, 0) is 23.9 Å². The van der Waals surface area contributed by atoms with Gasteiger partial charge in [0.2, 0.25) is 0 Å². The summed E-state index contributed by atoms with van der Waals surface area (Å²) in [6.07, 6.45) is 0.596. The number of aliphatic carboxylic acids is 1. The lowest BCUT2D eigenvalue weighted by Crippen LogP contribution is -2.44. The van der Waals surface area contributed by atoms with Crippen LogP contribution >= 0.6 is 11.5 Å². The van der Waals surface area contributed by atoms with E-state index >= 15 is 0 Å². The minimum atomic E-state index is -1.04. The third-order valence-electron chi connectivity index (χ3n) is 2.32. The number of carboxylic acids is 1. The van der Waals surface area contributed by atoms with Crippen LogP contribution in [0.2, 0.25) is 0 Å². The Morgan fingerprint density at radius 2 is 2.12 bits per heavy atom. The van der Waals surface area contributed by atoms with Crippen molar-refractivity contribution < 1.29 is 14.7 Å². The Morgan fingerprint density at radius 1 is 1.47 bits per heavy atom. The van der Waals surface area contributed by atoms with E-state index in [2.05, 4.69) is 14.9 Å². The summed E-state index contributed by atoms with van der Waals surface area (Å²) in [5.74, 6) is -1.63. The molecule has 94 valence electrons. The van der Waals surface area contributed by atoms with Crippen LogP contribution in [0.25, 0.3) is 0 Å². The molecule has 6 nitrogen and oxygen atoms in total. The number of amides is 1. The molecule has 0 unspecified atom stereocenters. The first kappa shape index (κ1) is 13.6. The molecule has 0 aliphatic carbocycles. The Balaban J connectivity index is 2.81. The van der Waals surface area contributed by atoms with E-state index < -0.39 is 17.9 Å². The highest BCUT2D eigenvalue weighted by atomic mass is 32.1. The Morgan fingerprint density at radius 3 is 2.59 bits per heavy atom. The molecular weight excluding hydrogens is 242 g/mol. The zero-order valence-electron chi connectivity index (χ0n) is 9.93. The van der Waals surface area contributed by atoms with Gasteiger partial charge in [-0.25, -0.2) is 4.79 Å². The Labute approximate surface area is 103 Å². The second-order valence-electron chi connectivity index (χ2n) is 3.94. The van der Waals surface area contributed by atoms with Gasteiger partial charge in [0.1, 0.15) is 10.9 Å². The summed E-state index contributed by atoms with van der Waals surface area (Å²) in [5.41, 5.74) is 0.598. The smallest absolute Gasteiger partial charge is 0.326 e. The lowest BCUT2D eigenvalue weighted by atomic mass is 10.0. The van der Waals surface area contributed by atoms with Crippen molar-refractivity contribution >= 4 is 23.4 Å². The molecule has 1 heterocycles. The molecule has 1 amide bonds. The zero-order chi connectivity index (χ0) is 13.0. The van der Waals surface area contributed by atoms with Crippen LogP contribution in [0.3, 0.4) is 0 Å². The minimum absolute atomic E-state index is 0.178. The van der Waals surface area contributed by atoms with Crippen LogP contribution in [0.1, 0.15) is 36.1 Å². The molecular formula is C10H15N3O3S. The molecule has 0 radical (unpaired) electrons. The number of carbonyl (C=O) groups is 2. The molecule has 1 aromatic rings. The first-order valence-corrected chi connectivity index (χ1v) is 6.09. The summed E-state index contributed by atoms with van der Waals surface area (Å²) in [4.78, 5) is 23.2. The summed E-state index contributed by atoms with van der Waals surface area (Å²) >= 11 is 0.982. The van der Waals surface area contributed by atoms with Gasteiger partial charge in [0.25, 0.3) is 5.91 Å². The Hall–Kier alpha value is -1.50. The first-order valence-electron chi connectivity index (χ1n) is 5.32. The lowest BCUT2D eigenvalue weighted by Gasteiger charge is -2.17. The van der Waals surface area contributed by atoms with Crippen molar-refractivity contribution in [2.24, 2.45) is 5.92 Å². The summed E-state index contributed by atoms with van der Waals surface area (Å²) < 4.78 is 3.69. The van der Waals surface area contributed by atoms with Gasteiger partial charge in [-0.2, -0.15) is 0 Å². The molecule has 0 saturated carbocycles. The largest absolute Gasteiger partial charge is 0.480 e. The van der Waals surface area contributed by atoms with E-state index in [-0.39, 0.29) is 5.92 Å². The SMILES string of the molecule is CCc1nnsc1C(=O)N[C@@H](C(=O)O)C(C)C. The van der Waals surface area contributed by atoms with Crippen LogP contribution < -0.4 is 5.32 Å². The van der Waals surface area contributed by atoms with E-state index in [1.807, 2.05) is 6.92 Å². The van der Waals surface area contributed by atoms with E-state index in [1.165, 1.54) is 0 Å². The topological polar surface area (TPSA) is 92.2 Å². The molecule has 2 N–H and O–H groups in total. The van der Waals surface area contributed by atoms with Crippen LogP contribution in [-0.2, 0) is 11.2 Å². The fourth-order valence-electron chi connectivity index (χ4n) is 1.33. The molecule has 0 fully saturated rings. The van der Waals surface area contributed by atoms with Crippen LogP contribution in [0.4, 0.5) is 0 Å². The quantitative estimate of drug-likeness (QED) is 0.819. The number of hydrogen-bond donors (Lipinski definition) is 2. The second kappa shape index (κ2) is 5.72. The molecule has 0 aliphatic heterocycles. The monoisotopic (exact) mass is 257 g/mol. The zero-order valence-corrected chi connectivity index (χ0v) is 10.7. The van der Waals surface area contributed by atoms with Gasteiger partial charge < -0.3 is 10.4 Å². The van der Waals surface area contributed by atoms with Gasteiger partial charge in [-0.3, -0.25) is 4.79 Å². The van der Waals surface area contributed by atoms with E-state index in [0.29, 0.717) is 17.0 Å². The highest BCUT2D eigenvalue weighted by molar-refractivity contribution is 7.08. The van der Waals surface area contributed by atoms with Crippen LogP contribution in [-0.4, -0.2) is 32.6 Å². The van der Waals surface area contributed by atoms with Crippen molar-refractivity contribution in [1.82, 2.24) is 14.9 Å². The molecule has 1 rings (SSSR count). The number of hydrogen-bond acceptors (Lipinski definition) is 5. The predicted octanol–water partition coefficient (Wildman–Crippen LogP) is 0.939. The maximum absolute atomic E-state index is 11.9. The molecule has 1 atom stereocenters. The number of aryl methyl sites for hydroxylation is 1. The van der Waals surface area contributed by atoms with Gasteiger partial charge in [0, 0.05) is 0 Å². The molecule has 0 saturated heterocycles. The summed E-state index contributed by atoms with van der Waals surface area (Å²) in [7, 11) is 0. The molecule has 7 heteroatoms. The maximum Gasteiger partial charge on any atom is 0.326 e. The third kappa shape index (κ3) is 3.23. The van der Waals surface area contributed by atoms with Gasteiger partial charge in [0.15, 0.2) is 0 Å². The number of nitrogens with one attached hydrogen (secondary N) is 1. The summed E-state index contributed by atoms with van der Waals surface area (Å²) in [5, 5.41) is 15.3. The number of carboxylic acid groups (broad SMARTS) is 1. The van der Waals surface area contributed by atoms with E-state index in [1.54, 1.807) is 13.8 Å². The van der Waals surface area contributed by atoms with Crippen LogP contribution in [0.5, 0.6) is 0 Å². The van der Waals surface area contributed by atoms with Gasteiger partial charge in [-0.1, -0.05) is 25.3 Å². The molecule has 0 aromatic carbocycles. The van der Waals surface area contributed by atoms with Gasteiger partial charge in [-0.15, -0.1) is 5.10 Å². The molecule has 0 bridgehead atoms.